The number of aryl methyl sites for hydroxylation is 1. The van der Waals surface area contributed by atoms with Crippen LogP contribution in [-0.2, 0) is 4.79 Å². The molecular formula is C13H20N4O3. The maximum absolute atomic E-state index is 11.6. The molecule has 0 spiro atoms. The zero-order valence-corrected chi connectivity index (χ0v) is 12.2. The van der Waals surface area contributed by atoms with Gasteiger partial charge >= 0.3 is 0 Å². The van der Waals surface area contributed by atoms with Crippen molar-refractivity contribution in [1.82, 2.24) is 10.3 Å². The summed E-state index contributed by atoms with van der Waals surface area (Å²) >= 11 is 0. The van der Waals surface area contributed by atoms with Crippen LogP contribution in [0, 0.1) is 17.0 Å². The zero-order chi connectivity index (χ0) is 15.3. The van der Waals surface area contributed by atoms with Crippen LogP contribution >= 0.6 is 0 Å². The maximum Gasteiger partial charge on any atom is 0.290 e. The van der Waals surface area contributed by atoms with E-state index in [9.17, 15) is 14.9 Å². The number of hydrogen-bond donors (Lipinski definition) is 2. The highest BCUT2D eigenvalue weighted by atomic mass is 16.6. The van der Waals surface area contributed by atoms with E-state index in [2.05, 4.69) is 15.6 Å². The fourth-order valence-electron chi connectivity index (χ4n) is 1.62. The van der Waals surface area contributed by atoms with Crippen LogP contribution in [0.5, 0.6) is 0 Å². The first-order chi connectivity index (χ1) is 9.19. The number of nitro groups is 1. The first-order valence-electron chi connectivity index (χ1n) is 6.35. The number of pyridine rings is 1. The molecule has 1 aromatic heterocycles. The molecule has 0 unspecified atom stereocenters. The summed E-state index contributed by atoms with van der Waals surface area (Å²) in [5, 5.41) is 16.5. The van der Waals surface area contributed by atoms with Crippen LogP contribution in [0.3, 0.4) is 0 Å². The van der Waals surface area contributed by atoms with Gasteiger partial charge in [0.1, 0.15) is 12.0 Å². The predicted molar refractivity (Wildman–Crippen MR) is 76.6 cm³/mol. The van der Waals surface area contributed by atoms with E-state index < -0.39 is 4.92 Å². The fraction of sp³-hybridized carbons (Fsp3) is 0.538. The number of nitrogens with one attached hydrogen (secondary N) is 2. The largest absolute Gasteiger partial charge is 0.370 e. The number of rotatable bonds is 5. The summed E-state index contributed by atoms with van der Waals surface area (Å²) in [6, 6.07) is 1.60. The molecule has 110 valence electrons. The Kier molecular flexibility index (Phi) is 5.01. The number of hydrogen-bond acceptors (Lipinski definition) is 5. The number of carbonyl (C=O) groups is 1. The lowest BCUT2D eigenvalue weighted by Crippen LogP contribution is -2.41. The van der Waals surface area contributed by atoms with Crippen LogP contribution in [-0.4, -0.2) is 27.9 Å². The third-order valence-electron chi connectivity index (χ3n) is 2.45. The SMILES string of the molecule is Cc1cc(NCCC(=O)NC(C)(C)C)ncc1[N+](=O)[O-]. The Balaban J connectivity index is 2.49. The molecule has 0 aromatic carbocycles. The van der Waals surface area contributed by atoms with E-state index >= 15 is 0 Å². The summed E-state index contributed by atoms with van der Waals surface area (Å²) in [5.74, 6) is 0.472. The molecule has 20 heavy (non-hydrogen) atoms. The van der Waals surface area contributed by atoms with E-state index in [1.807, 2.05) is 20.8 Å². The molecule has 0 atom stereocenters. The molecule has 1 aromatic rings. The highest BCUT2D eigenvalue weighted by Crippen LogP contribution is 2.18. The Bertz CT molecular complexity index is 509. The summed E-state index contributed by atoms with van der Waals surface area (Å²) < 4.78 is 0. The molecule has 2 N–H and O–H groups in total. The number of aromatic nitrogens is 1. The summed E-state index contributed by atoms with van der Waals surface area (Å²) in [6.45, 7) is 7.82. The molecule has 0 radical (unpaired) electrons. The van der Waals surface area contributed by atoms with Crippen molar-refractivity contribution in [3.63, 3.8) is 0 Å². The zero-order valence-electron chi connectivity index (χ0n) is 12.2. The molecule has 0 saturated heterocycles. The van der Waals surface area contributed by atoms with Gasteiger partial charge in [-0.05, 0) is 33.8 Å². The van der Waals surface area contributed by atoms with Gasteiger partial charge in [-0.25, -0.2) is 4.98 Å². The molecule has 1 rings (SSSR count). The first-order valence-corrected chi connectivity index (χ1v) is 6.35. The van der Waals surface area contributed by atoms with Crippen LogP contribution in [0.2, 0.25) is 0 Å². The lowest BCUT2D eigenvalue weighted by molar-refractivity contribution is -0.385. The second-order valence-electron chi connectivity index (χ2n) is 5.59. The van der Waals surface area contributed by atoms with Gasteiger partial charge < -0.3 is 10.6 Å². The minimum atomic E-state index is -0.469. The van der Waals surface area contributed by atoms with E-state index in [0.717, 1.165) is 0 Å². The quantitative estimate of drug-likeness (QED) is 0.635. The van der Waals surface area contributed by atoms with Gasteiger partial charge in [-0.15, -0.1) is 0 Å². The number of anilines is 1. The van der Waals surface area contributed by atoms with Crippen molar-refractivity contribution in [3.05, 3.63) is 27.9 Å². The molecule has 0 bridgehead atoms. The second-order valence-corrected chi connectivity index (χ2v) is 5.59. The molecule has 0 fully saturated rings. The number of amides is 1. The van der Waals surface area contributed by atoms with Crippen molar-refractivity contribution in [2.45, 2.75) is 39.7 Å². The normalized spacial score (nSPS) is 11.0. The first kappa shape index (κ1) is 15.9. The maximum atomic E-state index is 11.6. The van der Waals surface area contributed by atoms with Crippen molar-refractivity contribution < 1.29 is 9.72 Å². The molecule has 1 heterocycles. The van der Waals surface area contributed by atoms with Gasteiger partial charge in [-0.1, -0.05) is 0 Å². The summed E-state index contributed by atoms with van der Waals surface area (Å²) in [5.41, 5.74) is 0.270. The summed E-state index contributed by atoms with van der Waals surface area (Å²) in [7, 11) is 0. The monoisotopic (exact) mass is 280 g/mol. The number of carbonyl (C=O) groups excluding carboxylic acids is 1. The smallest absolute Gasteiger partial charge is 0.290 e. The Hall–Kier alpha value is -2.18. The molecule has 1 amide bonds. The molecule has 7 nitrogen and oxygen atoms in total. The van der Waals surface area contributed by atoms with Crippen LogP contribution in [0.1, 0.15) is 32.8 Å². The highest BCUT2D eigenvalue weighted by molar-refractivity contribution is 5.77. The third-order valence-corrected chi connectivity index (χ3v) is 2.45. The van der Waals surface area contributed by atoms with E-state index in [-0.39, 0.29) is 17.1 Å². The van der Waals surface area contributed by atoms with Crippen molar-refractivity contribution in [2.75, 3.05) is 11.9 Å². The van der Waals surface area contributed by atoms with Gasteiger partial charge in [0.15, 0.2) is 0 Å². The van der Waals surface area contributed by atoms with Gasteiger partial charge in [0, 0.05) is 24.1 Å². The van der Waals surface area contributed by atoms with Crippen LogP contribution in [0.25, 0.3) is 0 Å². The van der Waals surface area contributed by atoms with Gasteiger partial charge in [0.25, 0.3) is 5.69 Å². The van der Waals surface area contributed by atoms with Crippen molar-refractivity contribution in [1.29, 1.82) is 0 Å². The van der Waals surface area contributed by atoms with Crippen molar-refractivity contribution in [3.8, 4) is 0 Å². The molecule has 0 aliphatic heterocycles. The van der Waals surface area contributed by atoms with Gasteiger partial charge in [0.05, 0.1) is 4.92 Å². The average Bonchev–Trinajstić information content (AvgIpc) is 2.25. The average molecular weight is 280 g/mol. The van der Waals surface area contributed by atoms with E-state index in [1.54, 1.807) is 13.0 Å². The number of nitrogens with zero attached hydrogens (tertiary/aromatic N) is 2. The minimum Gasteiger partial charge on any atom is -0.370 e. The van der Waals surface area contributed by atoms with Crippen molar-refractivity contribution >= 4 is 17.4 Å². The van der Waals surface area contributed by atoms with Crippen LogP contribution in [0.15, 0.2) is 12.3 Å². The van der Waals surface area contributed by atoms with Crippen LogP contribution in [0.4, 0.5) is 11.5 Å². The Morgan fingerprint density at radius 2 is 2.10 bits per heavy atom. The Labute approximate surface area is 117 Å². The second kappa shape index (κ2) is 6.31. The van der Waals surface area contributed by atoms with E-state index in [1.165, 1.54) is 6.20 Å². The predicted octanol–water partition coefficient (Wildman–Crippen LogP) is 2.01. The van der Waals surface area contributed by atoms with E-state index in [0.29, 0.717) is 24.3 Å². The lowest BCUT2D eigenvalue weighted by Gasteiger charge is -2.20. The molecular weight excluding hydrogens is 260 g/mol. The minimum absolute atomic E-state index is 0.0129. The molecule has 7 heteroatoms. The Morgan fingerprint density at radius 3 is 2.60 bits per heavy atom. The van der Waals surface area contributed by atoms with Gasteiger partial charge in [-0.3, -0.25) is 14.9 Å². The molecule has 0 aliphatic carbocycles. The third kappa shape index (κ3) is 5.21. The molecule has 0 aliphatic rings. The van der Waals surface area contributed by atoms with E-state index in [4.69, 9.17) is 0 Å². The topological polar surface area (TPSA) is 97.2 Å². The summed E-state index contributed by atoms with van der Waals surface area (Å²) in [6.07, 6.45) is 1.53. The summed E-state index contributed by atoms with van der Waals surface area (Å²) in [4.78, 5) is 25.7. The highest BCUT2D eigenvalue weighted by Gasteiger charge is 2.14. The van der Waals surface area contributed by atoms with Gasteiger partial charge in [0.2, 0.25) is 5.91 Å². The van der Waals surface area contributed by atoms with Gasteiger partial charge in [-0.2, -0.15) is 0 Å². The standard InChI is InChI=1S/C13H20N4O3/c1-9-7-11(15-8-10(9)17(19)20)14-6-5-12(18)16-13(2,3)4/h7-8H,5-6H2,1-4H3,(H,14,15)(H,16,18). The lowest BCUT2D eigenvalue weighted by atomic mass is 10.1. The molecule has 0 saturated carbocycles. The van der Waals surface area contributed by atoms with Crippen LogP contribution < -0.4 is 10.6 Å². The van der Waals surface area contributed by atoms with Crippen molar-refractivity contribution in [2.24, 2.45) is 0 Å². The Morgan fingerprint density at radius 1 is 1.45 bits per heavy atom. The fourth-order valence-corrected chi connectivity index (χ4v) is 1.62.